The molecule has 0 saturated heterocycles. The summed E-state index contributed by atoms with van der Waals surface area (Å²) in [5.74, 6) is 0.942. The molecule has 0 fully saturated rings. The summed E-state index contributed by atoms with van der Waals surface area (Å²) in [4.78, 5) is 48.0. The van der Waals surface area contributed by atoms with Crippen molar-refractivity contribution in [2.45, 2.75) is 58.0 Å². The maximum Gasteiger partial charge on any atom is 0.412 e. The third-order valence-electron chi connectivity index (χ3n) is 10.5. The Bertz CT molecular complexity index is 2280. The van der Waals surface area contributed by atoms with Crippen LogP contribution in [0.5, 0.6) is 17.2 Å². The van der Waals surface area contributed by atoms with Crippen LogP contribution < -0.4 is 24.4 Å². The number of anilines is 2. The Kier molecular flexibility index (Phi) is 11.0. The van der Waals surface area contributed by atoms with Crippen LogP contribution in [0.2, 0.25) is 18.1 Å². The number of hydrogen-bond donors (Lipinski definition) is 2. The number of imidazole rings is 1. The van der Waals surface area contributed by atoms with Gasteiger partial charge in [-0.05, 0) is 52.2 Å². The van der Waals surface area contributed by atoms with Crippen molar-refractivity contribution >= 4 is 70.8 Å². The lowest BCUT2D eigenvalue weighted by Gasteiger charge is -2.35. The molecule has 5 aromatic rings. The molecular weight excluding hydrogens is 748 g/mol. The average molecular weight is 793 g/mol. The van der Waals surface area contributed by atoms with Gasteiger partial charge in [-0.3, -0.25) is 10.1 Å². The maximum absolute atomic E-state index is 14.3. The van der Waals surface area contributed by atoms with E-state index in [-0.39, 0.29) is 54.1 Å². The number of fused-ring (bicyclic) bond motifs is 4. The highest BCUT2D eigenvalue weighted by Crippen LogP contribution is 2.47. The van der Waals surface area contributed by atoms with E-state index in [0.717, 1.165) is 22.5 Å². The van der Waals surface area contributed by atoms with Crippen LogP contribution in [0.15, 0.2) is 48.7 Å². The van der Waals surface area contributed by atoms with Crippen molar-refractivity contribution < 1.29 is 37.9 Å². The largest absolute Gasteiger partial charge is 0.493 e. The van der Waals surface area contributed by atoms with Crippen LogP contribution in [0, 0.1) is 10.1 Å². The average Bonchev–Trinajstić information content (AvgIpc) is 3.87. The maximum atomic E-state index is 14.3. The first-order valence-electron chi connectivity index (χ1n) is 17.7. The number of carbonyl (C=O) groups excluding carboxylic acids is 2. The summed E-state index contributed by atoms with van der Waals surface area (Å²) < 4.78 is 29.9. The van der Waals surface area contributed by atoms with Gasteiger partial charge < -0.3 is 43.4 Å². The standard InChI is InChI=1S/C38H45ClN6O9Si/c1-38(2,3)55(7,8)54-14-13-43-30(40-19-31(43)45(48)49)21-53-37(47)42-26-17-28-32(25-12-10-9-11-24(25)26)23(18-39)20-44(28)36(46)27-15-22-16-29(50-4)34(51-5)35(52-6)33(22)41-27/h9-12,15-17,19,23,41H,13-14,18,20-21H2,1-8H3,(H,42,47). The molecule has 0 spiro atoms. The Morgan fingerprint density at radius 3 is 2.42 bits per heavy atom. The fourth-order valence-corrected chi connectivity index (χ4v) is 7.95. The van der Waals surface area contributed by atoms with E-state index in [2.05, 4.69) is 49.1 Å². The number of nitro groups is 1. The highest BCUT2D eigenvalue weighted by atomic mass is 35.5. The second kappa shape index (κ2) is 15.4. The van der Waals surface area contributed by atoms with Crippen molar-refractivity contribution in [3.8, 4) is 17.2 Å². The van der Waals surface area contributed by atoms with E-state index < -0.39 is 19.3 Å². The number of methoxy groups -OCH3 is 3. The lowest BCUT2D eigenvalue weighted by molar-refractivity contribution is -0.392. The van der Waals surface area contributed by atoms with E-state index in [1.807, 2.05) is 24.3 Å². The summed E-state index contributed by atoms with van der Waals surface area (Å²) >= 11 is 6.52. The first-order valence-corrected chi connectivity index (χ1v) is 21.1. The van der Waals surface area contributed by atoms with Gasteiger partial charge in [0.25, 0.3) is 5.91 Å². The molecule has 3 aromatic carbocycles. The van der Waals surface area contributed by atoms with Crippen molar-refractivity contribution in [1.82, 2.24) is 14.5 Å². The number of amides is 2. The minimum atomic E-state index is -2.11. The van der Waals surface area contributed by atoms with E-state index in [9.17, 15) is 19.7 Å². The Labute approximate surface area is 324 Å². The minimum absolute atomic E-state index is 0.0389. The van der Waals surface area contributed by atoms with Crippen molar-refractivity contribution in [2.75, 3.05) is 50.6 Å². The Morgan fingerprint density at radius 2 is 1.78 bits per heavy atom. The topological polar surface area (TPSA) is 172 Å². The number of rotatable bonds is 13. The number of benzene rings is 3. The highest BCUT2D eigenvalue weighted by molar-refractivity contribution is 6.74. The molecule has 17 heteroatoms. The molecule has 0 saturated carbocycles. The summed E-state index contributed by atoms with van der Waals surface area (Å²) in [6.45, 7) is 10.9. The number of aromatic nitrogens is 3. The zero-order chi connectivity index (χ0) is 39.8. The second-order valence-electron chi connectivity index (χ2n) is 14.7. The summed E-state index contributed by atoms with van der Waals surface area (Å²) in [6, 6.07) is 12.7. The van der Waals surface area contributed by atoms with E-state index >= 15 is 0 Å². The van der Waals surface area contributed by atoms with E-state index in [1.54, 1.807) is 23.1 Å². The molecule has 1 aliphatic rings. The van der Waals surface area contributed by atoms with Gasteiger partial charge in [-0.15, -0.1) is 11.6 Å². The Balaban J connectivity index is 1.27. The first-order chi connectivity index (χ1) is 26.1. The molecule has 55 heavy (non-hydrogen) atoms. The molecule has 1 unspecified atom stereocenters. The molecular formula is C38H45ClN6O9Si. The van der Waals surface area contributed by atoms with Gasteiger partial charge >= 0.3 is 11.9 Å². The zero-order valence-electron chi connectivity index (χ0n) is 32.1. The van der Waals surface area contributed by atoms with Gasteiger partial charge in [-0.25, -0.2) is 14.3 Å². The van der Waals surface area contributed by atoms with Crippen molar-refractivity contribution in [3.05, 3.63) is 75.9 Å². The Morgan fingerprint density at radius 1 is 1.07 bits per heavy atom. The number of halogens is 1. The van der Waals surface area contributed by atoms with Crippen LogP contribution in [-0.4, -0.2) is 80.1 Å². The molecule has 6 rings (SSSR count). The zero-order valence-corrected chi connectivity index (χ0v) is 33.8. The third-order valence-corrected chi connectivity index (χ3v) is 15.4. The molecule has 1 atom stereocenters. The van der Waals surface area contributed by atoms with Crippen molar-refractivity contribution in [1.29, 1.82) is 0 Å². The fraction of sp³-hybridized carbons (Fsp3) is 0.395. The van der Waals surface area contributed by atoms with Gasteiger partial charge in [0.1, 0.15) is 18.4 Å². The van der Waals surface area contributed by atoms with Crippen molar-refractivity contribution in [3.63, 3.8) is 0 Å². The minimum Gasteiger partial charge on any atom is -0.493 e. The number of ether oxygens (including phenoxy) is 4. The first kappa shape index (κ1) is 39.4. The van der Waals surface area contributed by atoms with E-state index in [0.29, 0.717) is 51.8 Å². The van der Waals surface area contributed by atoms with Crippen LogP contribution in [0.25, 0.3) is 21.7 Å². The van der Waals surface area contributed by atoms with Crippen LogP contribution >= 0.6 is 11.6 Å². The molecule has 3 heterocycles. The number of H-pyrrole nitrogens is 1. The Hall–Kier alpha value is -5.32. The smallest absolute Gasteiger partial charge is 0.412 e. The predicted octanol–water partition coefficient (Wildman–Crippen LogP) is 8.20. The third kappa shape index (κ3) is 7.40. The molecule has 0 aliphatic carbocycles. The van der Waals surface area contributed by atoms with Gasteiger partial charge in [-0.2, -0.15) is 0 Å². The summed E-state index contributed by atoms with van der Waals surface area (Å²) in [5, 5.41) is 16.8. The van der Waals surface area contributed by atoms with E-state index in [1.165, 1.54) is 25.9 Å². The summed E-state index contributed by atoms with van der Waals surface area (Å²) in [6.07, 6.45) is 0.335. The number of alkyl halides is 1. The summed E-state index contributed by atoms with van der Waals surface area (Å²) in [5.41, 5.74) is 2.72. The lowest BCUT2D eigenvalue weighted by Crippen LogP contribution is -2.41. The van der Waals surface area contributed by atoms with Gasteiger partial charge in [0.15, 0.2) is 26.4 Å². The normalized spacial score (nSPS) is 14.3. The highest BCUT2D eigenvalue weighted by Gasteiger charge is 2.38. The SMILES string of the molecule is COc1cc2cc(C(=O)N3CC(CCl)c4c3cc(NC(=O)OCc3ncc([N+](=O)[O-])n3CCO[Si](C)(C)C(C)(C)C)c3ccccc43)[nH]c2c(OC)c1OC. The molecule has 2 N–H and O–H groups in total. The quantitative estimate of drug-likeness (QED) is 0.0512. The van der Waals surface area contributed by atoms with Crippen LogP contribution in [0.3, 0.4) is 0 Å². The molecule has 292 valence electrons. The predicted molar refractivity (Wildman–Crippen MR) is 213 cm³/mol. The molecule has 0 bridgehead atoms. The lowest BCUT2D eigenvalue weighted by atomic mass is 9.95. The molecule has 15 nitrogen and oxygen atoms in total. The fourth-order valence-electron chi connectivity index (χ4n) is 6.66. The number of nitrogens with zero attached hydrogens (tertiary/aromatic N) is 4. The van der Waals surface area contributed by atoms with Crippen molar-refractivity contribution in [2.24, 2.45) is 0 Å². The molecule has 1 aliphatic heterocycles. The second-order valence-corrected chi connectivity index (χ2v) is 19.8. The molecule has 2 amide bonds. The molecule has 0 radical (unpaired) electrons. The van der Waals surface area contributed by atoms with E-state index in [4.69, 9.17) is 35.0 Å². The number of hydrogen-bond acceptors (Lipinski definition) is 10. The van der Waals surface area contributed by atoms with Crippen LogP contribution in [0.4, 0.5) is 22.0 Å². The monoisotopic (exact) mass is 792 g/mol. The van der Waals surface area contributed by atoms with Crippen LogP contribution in [-0.2, 0) is 22.3 Å². The summed E-state index contributed by atoms with van der Waals surface area (Å²) in [7, 11) is 2.43. The van der Waals surface area contributed by atoms with Crippen LogP contribution in [0.1, 0.15) is 48.6 Å². The van der Waals surface area contributed by atoms with Gasteiger partial charge in [0.2, 0.25) is 11.6 Å². The number of carbonyl (C=O) groups is 2. The van der Waals surface area contributed by atoms with Gasteiger partial charge in [0, 0.05) is 29.1 Å². The number of nitrogens with one attached hydrogen (secondary N) is 2. The van der Waals surface area contributed by atoms with Gasteiger partial charge in [-0.1, -0.05) is 45.0 Å². The van der Waals surface area contributed by atoms with Gasteiger partial charge in [0.05, 0.1) is 44.8 Å². The number of aromatic amines is 1. The molecule has 2 aromatic heterocycles.